The van der Waals surface area contributed by atoms with Gasteiger partial charge in [0.2, 0.25) is 0 Å². The number of hydrogen-bond acceptors (Lipinski definition) is 3. The molecule has 7 heteroatoms. The Bertz CT molecular complexity index is 866. The van der Waals surface area contributed by atoms with Crippen LogP contribution < -0.4 is 10.6 Å². The van der Waals surface area contributed by atoms with E-state index >= 15 is 0 Å². The van der Waals surface area contributed by atoms with Gasteiger partial charge in [-0.2, -0.15) is 0 Å². The van der Waals surface area contributed by atoms with Gasteiger partial charge in [-0.1, -0.05) is 23.7 Å². The zero-order valence-corrected chi connectivity index (χ0v) is 14.7. The fourth-order valence-corrected chi connectivity index (χ4v) is 3.62. The number of nitrogens with zero attached hydrogens (tertiary/aromatic N) is 1. The van der Waals surface area contributed by atoms with Crippen LogP contribution in [-0.4, -0.2) is 24.6 Å². The van der Waals surface area contributed by atoms with Gasteiger partial charge in [0, 0.05) is 31.1 Å². The summed E-state index contributed by atoms with van der Waals surface area (Å²) in [6.45, 7) is 1.44. The number of hydrogen-bond donors (Lipinski definition) is 2. The molecule has 136 valence electrons. The summed E-state index contributed by atoms with van der Waals surface area (Å²) in [7, 11) is 0. The van der Waals surface area contributed by atoms with E-state index in [0.717, 1.165) is 17.7 Å². The summed E-state index contributed by atoms with van der Waals surface area (Å²) in [4.78, 5) is 4.68. The average molecular weight is 378 g/mol. The third-order valence-electron chi connectivity index (χ3n) is 4.82. The first-order valence-corrected chi connectivity index (χ1v) is 8.85. The van der Waals surface area contributed by atoms with Crippen LogP contribution in [0.2, 0.25) is 5.02 Å². The van der Waals surface area contributed by atoms with Gasteiger partial charge in [0.1, 0.15) is 23.2 Å². The third-order valence-corrected chi connectivity index (χ3v) is 5.05. The van der Waals surface area contributed by atoms with Crippen molar-refractivity contribution in [1.82, 2.24) is 0 Å². The topological polar surface area (TPSA) is 45.7 Å². The molecule has 2 heterocycles. The maximum Gasteiger partial charge on any atom is 0.149 e. The van der Waals surface area contributed by atoms with Crippen LogP contribution in [0.5, 0.6) is 0 Å². The molecular formula is C19H18ClF2N3O. The number of ether oxygens (including phenoxy) is 1. The Hall–Kier alpha value is -2.18. The van der Waals surface area contributed by atoms with Crippen LogP contribution in [0.15, 0.2) is 41.4 Å². The second-order valence-electron chi connectivity index (χ2n) is 6.52. The molecule has 26 heavy (non-hydrogen) atoms. The summed E-state index contributed by atoms with van der Waals surface area (Å²) in [5.41, 5.74) is 0.582. The molecule has 2 aliphatic rings. The van der Waals surface area contributed by atoms with Crippen molar-refractivity contribution < 1.29 is 13.5 Å². The molecular weight excluding hydrogens is 360 g/mol. The summed E-state index contributed by atoms with van der Waals surface area (Å²) in [6, 6.07) is 9.67. The second kappa shape index (κ2) is 6.85. The monoisotopic (exact) mass is 377 g/mol. The summed E-state index contributed by atoms with van der Waals surface area (Å²) >= 11 is 6.03. The Labute approximate surface area is 155 Å². The summed E-state index contributed by atoms with van der Waals surface area (Å²) in [5.74, 6) is -0.419. The standard InChI is InChI=1S/C19H18ClF2N3O/c20-13-3-1-2-12(10-13)11-23-18-19(6-8-26-9-7-19)25-17-15(22)5-4-14(21)16(17)24-18/h1-5,10,25H,6-9,11H2,(H,23,24). The predicted molar refractivity (Wildman–Crippen MR) is 99.0 cm³/mol. The number of benzene rings is 2. The largest absolute Gasteiger partial charge is 0.381 e. The van der Waals surface area contributed by atoms with Crippen molar-refractivity contribution in [2.45, 2.75) is 24.9 Å². The summed E-state index contributed by atoms with van der Waals surface area (Å²) in [5, 5.41) is 6.88. The second-order valence-corrected chi connectivity index (χ2v) is 6.95. The molecule has 4 rings (SSSR count). The van der Waals surface area contributed by atoms with Crippen molar-refractivity contribution >= 4 is 28.8 Å². The Balaban J connectivity index is 1.72. The highest BCUT2D eigenvalue weighted by Crippen LogP contribution is 2.39. The maximum absolute atomic E-state index is 14.3. The molecule has 2 N–H and O–H groups in total. The molecule has 0 amide bonds. The van der Waals surface area contributed by atoms with E-state index in [0.29, 0.717) is 43.5 Å². The number of amidine groups is 1. The summed E-state index contributed by atoms with van der Waals surface area (Å²) in [6.07, 6.45) is 1.23. The molecule has 2 aromatic rings. The number of halogens is 3. The van der Waals surface area contributed by atoms with Gasteiger partial charge in [0.05, 0.1) is 17.8 Å². The first-order valence-electron chi connectivity index (χ1n) is 8.48. The van der Waals surface area contributed by atoms with Crippen molar-refractivity contribution in [2.75, 3.05) is 23.8 Å². The lowest BCUT2D eigenvalue weighted by molar-refractivity contribution is 0.0777. The van der Waals surface area contributed by atoms with E-state index in [1.165, 1.54) is 0 Å². The summed E-state index contributed by atoms with van der Waals surface area (Å²) < 4.78 is 33.9. The van der Waals surface area contributed by atoms with Gasteiger partial charge in [-0.05, 0) is 29.8 Å². The van der Waals surface area contributed by atoms with Gasteiger partial charge >= 0.3 is 0 Å². The number of anilines is 2. The van der Waals surface area contributed by atoms with Gasteiger partial charge in [-0.25, -0.2) is 8.78 Å². The lowest BCUT2D eigenvalue weighted by Gasteiger charge is -2.43. The van der Waals surface area contributed by atoms with Crippen molar-refractivity contribution in [1.29, 1.82) is 0 Å². The first-order chi connectivity index (χ1) is 12.6. The fraction of sp³-hybridized carbons (Fsp3) is 0.316. The molecule has 0 aromatic heterocycles. The zero-order chi connectivity index (χ0) is 18.1. The molecule has 0 atom stereocenters. The minimum atomic E-state index is -0.599. The lowest BCUT2D eigenvalue weighted by Crippen LogP contribution is -2.56. The molecule has 2 aliphatic heterocycles. The van der Waals surface area contributed by atoms with Gasteiger partial charge in [0.15, 0.2) is 0 Å². The molecule has 0 radical (unpaired) electrons. The Morgan fingerprint density at radius 1 is 1.08 bits per heavy atom. The highest BCUT2D eigenvalue weighted by molar-refractivity contribution is 6.30. The van der Waals surface area contributed by atoms with E-state index in [-0.39, 0.29) is 11.4 Å². The van der Waals surface area contributed by atoms with E-state index < -0.39 is 17.2 Å². The van der Waals surface area contributed by atoms with Crippen molar-refractivity contribution in [3.05, 3.63) is 58.6 Å². The number of nitrogens with one attached hydrogen (secondary N) is 2. The first kappa shape index (κ1) is 17.2. The highest BCUT2D eigenvalue weighted by atomic mass is 35.5. The van der Waals surface area contributed by atoms with Gasteiger partial charge in [-0.15, -0.1) is 0 Å². The number of fused-ring (bicyclic) bond motifs is 1. The number of rotatable bonds is 2. The zero-order valence-electron chi connectivity index (χ0n) is 14.0. The van der Waals surface area contributed by atoms with Crippen LogP contribution >= 0.6 is 11.6 Å². The van der Waals surface area contributed by atoms with Crippen molar-refractivity contribution in [2.24, 2.45) is 4.99 Å². The van der Waals surface area contributed by atoms with Crippen molar-refractivity contribution in [3.63, 3.8) is 0 Å². The molecule has 1 spiro atoms. The molecule has 0 bridgehead atoms. The molecule has 1 saturated heterocycles. The molecule has 0 unspecified atom stereocenters. The minimum Gasteiger partial charge on any atom is -0.381 e. The lowest BCUT2D eigenvalue weighted by atomic mass is 9.86. The van der Waals surface area contributed by atoms with E-state index in [9.17, 15) is 8.78 Å². The van der Waals surface area contributed by atoms with Gasteiger partial charge in [0.25, 0.3) is 0 Å². The smallest absolute Gasteiger partial charge is 0.149 e. The molecule has 0 aliphatic carbocycles. The van der Waals surface area contributed by atoms with Crippen LogP contribution in [-0.2, 0) is 11.3 Å². The Morgan fingerprint density at radius 3 is 2.54 bits per heavy atom. The van der Waals surface area contributed by atoms with Crippen LogP contribution in [0.3, 0.4) is 0 Å². The normalized spacial score (nSPS) is 19.7. The van der Waals surface area contributed by atoms with E-state index in [2.05, 4.69) is 15.6 Å². The molecule has 2 aromatic carbocycles. The average Bonchev–Trinajstić information content (AvgIpc) is 2.64. The minimum absolute atomic E-state index is 0.0898. The maximum atomic E-state index is 14.3. The predicted octanol–water partition coefficient (Wildman–Crippen LogP) is 4.60. The highest BCUT2D eigenvalue weighted by Gasteiger charge is 2.43. The Kier molecular flexibility index (Phi) is 4.54. The van der Waals surface area contributed by atoms with E-state index in [4.69, 9.17) is 16.3 Å². The van der Waals surface area contributed by atoms with Gasteiger partial charge in [-0.3, -0.25) is 4.99 Å². The third kappa shape index (κ3) is 3.15. The van der Waals surface area contributed by atoms with E-state index in [1.54, 1.807) is 6.07 Å². The molecule has 0 saturated carbocycles. The fourth-order valence-electron chi connectivity index (χ4n) is 3.41. The van der Waals surface area contributed by atoms with Crippen LogP contribution in [0, 0.1) is 11.6 Å². The Morgan fingerprint density at radius 2 is 1.81 bits per heavy atom. The number of aliphatic imine (C=N–C) groups is 1. The quantitative estimate of drug-likeness (QED) is 0.803. The molecule has 1 fully saturated rings. The van der Waals surface area contributed by atoms with Crippen molar-refractivity contribution in [3.8, 4) is 0 Å². The van der Waals surface area contributed by atoms with Crippen LogP contribution in [0.4, 0.5) is 20.2 Å². The molecule has 4 nitrogen and oxygen atoms in total. The van der Waals surface area contributed by atoms with E-state index in [1.807, 2.05) is 18.2 Å². The van der Waals surface area contributed by atoms with Crippen LogP contribution in [0.25, 0.3) is 0 Å². The van der Waals surface area contributed by atoms with Gasteiger partial charge < -0.3 is 15.4 Å². The van der Waals surface area contributed by atoms with Crippen LogP contribution in [0.1, 0.15) is 18.4 Å². The SMILES string of the molecule is Fc1ccc(F)c2c1NC(=NCc1cccc(Cl)c1)C1(CCOCC1)N2.